The topological polar surface area (TPSA) is 59.3 Å². The van der Waals surface area contributed by atoms with E-state index in [1.54, 1.807) is 31.2 Å². The van der Waals surface area contributed by atoms with Gasteiger partial charge in [-0.15, -0.1) is 11.6 Å². The second kappa shape index (κ2) is 7.76. The SMILES string of the molecule is CCOC(=O)[C@@](C#N)(CCCCl)c1cccc(OC)c1. The van der Waals surface area contributed by atoms with Crippen molar-refractivity contribution < 1.29 is 14.3 Å². The minimum atomic E-state index is -1.33. The van der Waals surface area contributed by atoms with E-state index in [9.17, 15) is 10.1 Å². The molecule has 0 amide bonds. The van der Waals surface area contributed by atoms with Crippen LogP contribution in [0.3, 0.4) is 0 Å². The smallest absolute Gasteiger partial charge is 0.331 e. The van der Waals surface area contributed by atoms with Gasteiger partial charge in [0.25, 0.3) is 0 Å². The molecule has 0 spiro atoms. The lowest BCUT2D eigenvalue weighted by molar-refractivity contribution is -0.148. The molecule has 5 heteroatoms. The molecule has 0 aliphatic carbocycles. The number of benzene rings is 1. The Hall–Kier alpha value is -1.73. The van der Waals surface area contributed by atoms with Crippen LogP contribution in [0.25, 0.3) is 0 Å². The zero-order valence-corrected chi connectivity index (χ0v) is 12.4. The number of ether oxygens (including phenoxy) is 2. The van der Waals surface area contributed by atoms with Crippen molar-refractivity contribution in [1.29, 1.82) is 5.26 Å². The molecule has 0 radical (unpaired) electrons. The second-order valence-electron chi connectivity index (χ2n) is 4.26. The first-order valence-corrected chi connectivity index (χ1v) is 6.97. The highest BCUT2D eigenvalue weighted by molar-refractivity contribution is 6.17. The van der Waals surface area contributed by atoms with E-state index in [1.165, 1.54) is 7.11 Å². The van der Waals surface area contributed by atoms with Gasteiger partial charge in [-0.3, -0.25) is 0 Å². The number of nitrogens with zero attached hydrogens (tertiary/aromatic N) is 1. The zero-order chi connectivity index (χ0) is 15.0. The number of halogens is 1. The van der Waals surface area contributed by atoms with Crippen LogP contribution in [0.15, 0.2) is 24.3 Å². The summed E-state index contributed by atoms with van der Waals surface area (Å²) >= 11 is 5.71. The van der Waals surface area contributed by atoms with E-state index in [0.29, 0.717) is 30.0 Å². The van der Waals surface area contributed by atoms with E-state index in [1.807, 2.05) is 0 Å². The molecular formula is C15H18ClNO3. The summed E-state index contributed by atoms with van der Waals surface area (Å²) in [6.07, 6.45) is 0.865. The molecule has 20 heavy (non-hydrogen) atoms. The van der Waals surface area contributed by atoms with Crippen LogP contribution in [0.1, 0.15) is 25.3 Å². The maximum absolute atomic E-state index is 12.3. The minimum absolute atomic E-state index is 0.229. The van der Waals surface area contributed by atoms with Crippen LogP contribution in [0.4, 0.5) is 0 Å². The maximum Gasteiger partial charge on any atom is 0.331 e. The number of carbonyl (C=O) groups excluding carboxylic acids is 1. The van der Waals surface area contributed by atoms with Gasteiger partial charge in [-0.25, -0.2) is 4.79 Å². The van der Waals surface area contributed by atoms with Gasteiger partial charge in [-0.2, -0.15) is 5.26 Å². The van der Waals surface area contributed by atoms with Gasteiger partial charge in [0.2, 0.25) is 0 Å². The lowest BCUT2D eigenvalue weighted by atomic mass is 9.78. The van der Waals surface area contributed by atoms with Crippen LogP contribution in [0.5, 0.6) is 5.75 Å². The summed E-state index contributed by atoms with van der Waals surface area (Å²) in [6.45, 7) is 1.94. The predicted octanol–water partition coefficient (Wildman–Crippen LogP) is 3.04. The molecule has 108 valence electrons. The van der Waals surface area contributed by atoms with E-state index in [2.05, 4.69) is 6.07 Å². The van der Waals surface area contributed by atoms with Crippen molar-refractivity contribution in [2.24, 2.45) is 0 Å². The highest BCUT2D eigenvalue weighted by Crippen LogP contribution is 2.33. The van der Waals surface area contributed by atoms with Crippen molar-refractivity contribution in [3.63, 3.8) is 0 Å². The molecule has 0 aliphatic heterocycles. The summed E-state index contributed by atoms with van der Waals surface area (Å²) in [5.74, 6) is 0.436. The first-order valence-electron chi connectivity index (χ1n) is 6.43. The number of nitriles is 1. The van der Waals surface area contributed by atoms with Crippen LogP contribution in [-0.4, -0.2) is 25.6 Å². The Bertz CT molecular complexity index is 498. The first-order chi connectivity index (χ1) is 9.64. The fourth-order valence-corrected chi connectivity index (χ4v) is 2.14. The lowest BCUT2D eigenvalue weighted by Crippen LogP contribution is -2.36. The number of carbonyl (C=O) groups is 1. The highest BCUT2D eigenvalue weighted by Gasteiger charge is 2.42. The molecule has 0 aromatic heterocycles. The summed E-state index contributed by atoms with van der Waals surface area (Å²) < 4.78 is 10.2. The largest absolute Gasteiger partial charge is 0.497 e. The van der Waals surface area contributed by atoms with Crippen LogP contribution < -0.4 is 4.74 Å². The number of rotatable bonds is 7. The van der Waals surface area contributed by atoms with Crippen molar-refractivity contribution in [3.05, 3.63) is 29.8 Å². The predicted molar refractivity (Wildman–Crippen MR) is 76.9 cm³/mol. The lowest BCUT2D eigenvalue weighted by Gasteiger charge is -2.25. The first kappa shape index (κ1) is 16.3. The average Bonchev–Trinajstić information content (AvgIpc) is 2.49. The second-order valence-corrected chi connectivity index (χ2v) is 4.64. The Labute approximate surface area is 124 Å². The Morgan fingerprint density at radius 1 is 1.50 bits per heavy atom. The van der Waals surface area contributed by atoms with E-state index in [4.69, 9.17) is 21.1 Å². The molecule has 1 atom stereocenters. The fourth-order valence-electron chi connectivity index (χ4n) is 2.01. The molecule has 4 nitrogen and oxygen atoms in total. The van der Waals surface area contributed by atoms with E-state index in [0.717, 1.165) is 0 Å². The number of hydrogen-bond acceptors (Lipinski definition) is 4. The van der Waals surface area contributed by atoms with Gasteiger partial charge in [0, 0.05) is 5.88 Å². The molecule has 0 saturated carbocycles. The van der Waals surface area contributed by atoms with Crippen LogP contribution in [-0.2, 0) is 14.9 Å². The Morgan fingerprint density at radius 3 is 2.80 bits per heavy atom. The summed E-state index contributed by atoms with van der Waals surface area (Å²) in [4.78, 5) is 12.3. The number of methoxy groups -OCH3 is 1. The molecule has 0 saturated heterocycles. The summed E-state index contributed by atoms with van der Waals surface area (Å²) in [6, 6.07) is 9.05. The number of esters is 1. The monoisotopic (exact) mass is 295 g/mol. The molecule has 0 heterocycles. The van der Waals surface area contributed by atoms with Gasteiger partial charge in [0.15, 0.2) is 5.41 Å². The summed E-state index contributed by atoms with van der Waals surface area (Å²) in [5.41, 5.74) is -0.762. The van der Waals surface area contributed by atoms with Gasteiger partial charge in [0.05, 0.1) is 19.8 Å². The Morgan fingerprint density at radius 2 is 2.25 bits per heavy atom. The molecule has 0 N–H and O–H groups in total. The van der Waals surface area contributed by atoms with Crippen molar-refractivity contribution >= 4 is 17.6 Å². The van der Waals surface area contributed by atoms with Crippen LogP contribution in [0, 0.1) is 11.3 Å². The molecule has 0 unspecified atom stereocenters. The molecular weight excluding hydrogens is 278 g/mol. The van der Waals surface area contributed by atoms with E-state index >= 15 is 0 Å². The van der Waals surface area contributed by atoms with Gasteiger partial charge in [-0.05, 0) is 37.5 Å². The Kier molecular flexibility index (Phi) is 6.33. The molecule has 1 aromatic rings. The third-order valence-corrected chi connectivity index (χ3v) is 3.33. The minimum Gasteiger partial charge on any atom is -0.497 e. The van der Waals surface area contributed by atoms with Gasteiger partial charge >= 0.3 is 5.97 Å². The molecule has 0 bridgehead atoms. The normalized spacial score (nSPS) is 13.1. The van der Waals surface area contributed by atoms with Crippen molar-refractivity contribution in [2.45, 2.75) is 25.2 Å². The van der Waals surface area contributed by atoms with Crippen molar-refractivity contribution in [2.75, 3.05) is 19.6 Å². The summed E-state index contributed by atoms with van der Waals surface area (Å²) in [5, 5.41) is 9.58. The molecule has 0 fully saturated rings. The molecule has 1 aromatic carbocycles. The molecule has 1 rings (SSSR count). The quantitative estimate of drug-likeness (QED) is 0.573. The zero-order valence-electron chi connectivity index (χ0n) is 11.7. The van der Waals surface area contributed by atoms with Crippen LogP contribution in [0.2, 0.25) is 0 Å². The highest BCUT2D eigenvalue weighted by atomic mass is 35.5. The number of hydrogen-bond donors (Lipinski definition) is 0. The van der Waals surface area contributed by atoms with Gasteiger partial charge < -0.3 is 9.47 Å². The van der Waals surface area contributed by atoms with Crippen molar-refractivity contribution in [3.8, 4) is 11.8 Å². The fraction of sp³-hybridized carbons (Fsp3) is 0.467. The van der Waals surface area contributed by atoms with Gasteiger partial charge in [-0.1, -0.05) is 12.1 Å². The van der Waals surface area contributed by atoms with Crippen molar-refractivity contribution in [1.82, 2.24) is 0 Å². The molecule has 0 aliphatic rings. The Balaban J connectivity index is 3.26. The third kappa shape index (κ3) is 3.43. The van der Waals surface area contributed by atoms with E-state index < -0.39 is 11.4 Å². The van der Waals surface area contributed by atoms with Gasteiger partial charge in [0.1, 0.15) is 5.75 Å². The number of alkyl halides is 1. The summed E-state index contributed by atoms with van der Waals surface area (Å²) in [7, 11) is 1.54. The van der Waals surface area contributed by atoms with Crippen LogP contribution >= 0.6 is 11.6 Å². The van der Waals surface area contributed by atoms with E-state index in [-0.39, 0.29) is 6.61 Å². The third-order valence-electron chi connectivity index (χ3n) is 3.06. The maximum atomic E-state index is 12.3. The standard InChI is InChI=1S/C15H18ClNO3/c1-3-20-14(18)15(11-17,8-5-9-16)12-6-4-7-13(10-12)19-2/h4,6-7,10H,3,5,8-9H2,1-2H3/t15-/m1/s1. The average molecular weight is 296 g/mol.